The second-order valence-corrected chi connectivity index (χ2v) is 8.66. The Balaban J connectivity index is 2.87. The number of hydrogen-bond acceptors (Lipinski definition) is 3. The van der Waals surface area contributed by atoms with Crippen LogP contribution in [0, 0.1) is 11.8 Å². The van der Waals surface area contributed by atoms with Crippen molar-refractivity contribution in [3.05, 3.63) is 47.5 Å². The van der Waals surface area contributed by atoms with Gasteiger partial charge in [-0.15, -0.1) is 0 Å². The van der Waals surface area contributed by atoms with E-state index < -0.39 is 5.97 Å². The third kappa shape index (κ3) is 6.44. The smallest absolute Gasteiger partial charge is 0.331 e. The van der Waals surface area contributed by atoms with Gasteiger partial charge in [-0.05, 0) is 24.8 Å². The standard InChI is InChI=1S/C24H36N2O4/c1-8-19(24(5,6)18-12-10-9-11-13-18)22(28)25-15-21(27)26(7)20(16(2)3)14-17(4)23(29)30/h9-14,16,19-20H,8,15H2,1-7H3,(H,25,28)(H,29,30)/b17-14+/t19?,20-/m1/s1. The van der Waals surface area contributed by atoms with Gasteiger partial charge in [-0.3, -0.25) is 9.59 Å². The molecule has 1 aromatic rings. The van der Waals surface area contributed by atoms with Gasteiger partial charge in [-0.2, -0.15) is 0 Å². The Morgan fingerprint density at radius 1 is 1.17 bits per heavy atom. The minimum Gasteiger partial charge on any atom is -0.478 e. The van der Waals surface area contributed by atoms with Crippen molar-refractivity contribution in [2.75, 3.05) is 13.6 Å². The topological polar surface area (TPSA) is 86.7 Å². The Labute approximate surface area is 180 Å². The highest BCUT2D eigenvalue weighted by atomic mass is 16.4. The molecule has 0 aliphatic rings. The van der Waals surface area contributed by atoms with E-state index in [0.717, 1.165) is 5.56 Å². The minimum absolute atomic E-state index is 0.0318. The van der Waals surface area contributed by atoms with E-state index in [1.54, 1.807) is 13.1 Å². The average Bonchev–Trinajstić information content (AvgIpc) is 2.70. The van der Waals surface area contributed by atoms with Crippen LogP contribution in [-0.4, -0.2) is 47.4 Å². The lowest BCUT2D eigenvalue weighted by Gasteiger charge is -2.34. The predicted octanol–water partition coefficient (Wildman–Crippen LogP) is 3.62. The number of aliphatic carboxylic acids is 1. The van der Waals surface area contributed by atoms with Crippen molar-refractivity contribution < 1.29 is 19.5 Å². The van der Waals surface area contributed by atoms with Crippen molar-refractivity contribution in [1.82, 2.24) is 10.2 Å². The molecule has 0 aliphatic heterocycles. The quantitative estimate of drug-likeness (QED) is 0.570. The minimum atomic E-state index is -1.01. The van der Waals surface area contributed by atoms with E-state index in [0.29, 0.717) is 6.42 Å². The maximum Gasteiger partial charge on any atom is 0.331 e. The molecule has 1 aromatic carbocycles. The molecule has 2 atom stereocenters. The summed E-state index contributed by atoms with van der Waals surface area (Å²) in [6.07, 6.45) is 2.23. The van der Waals surface area contributed by atoms with Gasteiger partial charge in [0.15, 0.2) is 0 Å². The molecule has 6 heteroatoms. The molecule has 0 fully saturated rings. The number of hydrogen-bond donors (Lipinski definition) is 2. The zero-order chi connectivity index (χ0) is 23.1. The molecule has 0 aromatic heterocycles. The molecule has 0 saturated carbocycles. The van der Waals surface area contributed by atoms with Crippen molar-refractivity contribution in [1.29, 1.82) is 0 Å². The van der Waals surface area contributed by atoms with Crippen LogP contribution in [0.15, 0.2) is 42.0 Å². The molecule has 2 amide bonds. The molecule has 0 bridgehead atoms. The summed E-state index contributed by atoms with van der Waals surface area (Å²) >= 11 is 0. The van der Waals surface area contributed by atoms with Crippen LogP contribution >= 0.6 is 0 Å². The highest BCUT2D eigenvalue weighted by Gasteiger charge is 2.35. The first-order valence-electron chi connectivity index (χ1n) is 10.4. The first-order valence-corrected chi connectivity index (χ1v) is 10.4. The number of benzene rings is 1. The van der Waals surface area contributed by atoms with E-state index in [2.05, 4.69) is 5.32 Å². The van der Waals surface area contributed by atoms with Crippen LogP contribution in [0.3, 0.4) is 0 Å². The number of nitrogens with one attached hydrogen (secondary N) is 1. The highest BCUT2D eigenvalue weighted by Crippen LogP contribution is 2.33. The molecule has 0 radical (unpaired) electrons. The average molecular weight is 417 g/mol. The maximum atomic E-state index is 12.9. The fourth-order valence-corrected chi connectivity index (χ4v) is 3.75. The van der Waals surface area contributed by atoms with Crippen LogP contribution in [0.4, 0.5) is 0 Å². The molecule has 0 saturated heterocycles. The Bertz CT molecular complexity index is 769. The van der Waals surface area contributed by atoms with Crippen LogP contribution in [0.2, 0.25) is 0 Å². The molecule has 2 N–H and O–H groups in total. The highest BCUT2D eigenvalue weighted by molar-refractivity contribution is 5.88. The fraction of sp³-hybridized carbons (Fsp3) is 0.542. The number of carbonyl (C=O) groups is 3. The van der Waals surface area contributed by atoms with E-state index in [1.807, 2.05) is 65.0 Å². The van der Waals surface area contributed by atoms with Crippen molar-refractivity contribution in [2.24, 2.45) is 11.8 Å². The lowest BCUT2D eigenvalue weighted by atomic mass is 9.71. The summed E-state index contributed by atoms with van der Waals surface area (Å²) in [6, 6.07) is 9.52. The zero-order valence-corrected chi connectivity index (χ0v) is 19.2. The molecule has 0 spiro atoms. The molecule has 30 heavy (non-hydrogen) atoms. The van der Waals surface area contributed by atoms with E-state index >= 15 is 0 Å². The van der Waals surface area contributed by atoms with Crippen molar-refractivity contribution in [2.45, 2.75) is 59.4 Å². The molecule has 0 aliphatic carbocycles. The lowest BCUT2D eigenvalue weighted by Crippen LogP contribution is -2.47. The summed E-state index contributed by atoms with van der Waals surface area (Å²) in [5, 5.41) is 11.9. The van der Waals surface area contributed by atoms with Crippen LogP contribution in [0.5, 0.6) is 0 Å². The molecule has 0 heterocycles. The number of rotatable bonds is 10. The second-order valence-electron chi connectivity index (χ2n) is 8.66. The number of carboxylic acid groups (broad SMARTS) is 1. The first-order chi connectivity index (χ1) is 13.9. The Morgan fingerprint density at radius 2 is 1.73 bits per heavy atom. The Hall–Kier alpha value is -2.63. The third-order valence-electron chi connectivity index (χ3n) is 5.81. The Morgan fingerprint density at radius 3 is 2.20 bits per heavy atom. The molecule has 1 rings (SSSR count). The number of amides is 2. The summed E-state index contributed by atoms with van der Waals surface area (Å²) in [5.41, 5.74) is 0.884. The SMILES string of the molecule is CCC(C(=O)NCC(=O)N(C)[C@H](/C=C(\C)C(=O)O)C(C)C)C(C)(C)c1ccccc1. The molecule has 1 unspecified atom stereocenters. The first kappa shape index (κ1) is 25.4. The summed E-state index contributed by atoms with van der Waals surface area (Å²) in [6.45, 7) is 11.3. The molecular weight excluding hydrogens is 380 g/mol. The summed E-state index contributed by atoms with van der Waals surface area (Å²) in [7, 11) is 1.63. The summed E-state index contributed by atoms with van der Waals surface area (Å²) < 4.78 is 0. The third-order valence-corrected chi connectivity index (χ3v) is 5.81. The van der Waals surface area contributed by atoms with Gasteiger partial charge in [0, 0.05) is 24.0 Å². The summed E-state index contributed by atoms with van der Waals surface area (Å²) in [4.78, 5) is 38.3. The second kappa shape index (κ2) is 11.0. The molecule has 166 valence electrons. The van der Waals surface area contributed by atoms with E-state index in [4.69, 9.17) is 5.11 Å². The van der Waals surface area contributed by atoms with Gasteiger partial charge in [0.05, 0.1) is 12.6 Å². The van der Waals surface area contributed by atoms with Gasteiger partial charge >= 0.3 is 5.97 Å². The number of carboxylic acids is 1. The van der Waals surface area contributed by atoms with Crippen molar-refractivity contribution in [3.63, 3.8) is 0 Å². The normalized spacial score (nSPS) is 14.2. The van der Waals surface area contributed by atoms with E-state index in [1.165, 1.54) is 11.8 Å². The van der Waals surface area contributed by atoms with Gasteiger partial charge in [0.25, 0.3) is 0 Å². The zero-order valence-electron chi connectivity index (χ0n) is 19.2. The van der Waals surface area contributed by atoms with Gasteiger partial charge in [-0.25, -0.2) is 4.79 Å². The van der Waals surface area contributed by atoms with Crippen LogP contribution < -0.4 is 5.32 Å². The lowest BCUT2D eigenvalue weighted by molar-refractivity contribution is -0.135. The largest absolute Gasteiger partial charge is 0.478 e. The van der Waals surface area contributed by atoms with Gasteiger partial charge in [-0.1, -0.05) is 71.0 Å². The summed E-state index contributed by atoms with van der Waals surface area (Å²) in [5.74, 6) is -1.68. The van der Waals surface area contributed by atoms with Gasteiger partial charge < -0.3 is 15.3 Å². The van der Waals surface area contributed by atoms with Crippen LogP contribution in [-0.2, 0) is 19.8 Å². The maximum absolute atomic E-state index is 12.9. The molecular formula is C24H36N2O4. The number of likely N-dealkylation sites (N-methyl/N-ethyl adjacent to an activating group) is 1. The van der Waals surface area contributed by atoms with Crippen LogP contribution in [0.25, 0.3) is 0 Å². The van der Waals surface area contributed by atoms with Crippen molar-refractivity contribution >= 4 is 17.8 Å². The predicted molar refractivity (Wildman–Crippen MR) is 119 cm³/mol. The van der Waals surface area contributed by atoms with Gasteiger partial charge in [0.1, 0.15) is 0 Å². The van der Waals surface area contributed by atoms with Crippen molar-refractivity contribution in [3.8, 4) is 0 Å². The Kier molecular flexibility index (Phi) is 9.27. The fourth-order valence-electron chi connectivity index (χ4n) is 3.75. The monoisotopic (exact) mass is 416 g/mol. The van der Waals surface area contributed by atoms with Crippen LogP contribution in [0.1, 0.15) is 53.5 Å². The number of nitrogens with zero attached hydrogens (tertiary/aromatic N) is 1. The molecule has 6 nitrogen and oxygen atoms in total. The van der Waals surface area contributed by atoms with E-state index in [9.17, 15) is 14.4 Å². The van der Waals surface area contributed by atoms with Gasteiger partial charge in [0.2, 0.25) is 11.8 Å². The van der Waals surface area contributed by atoms with E-state index in [-0.39, 0.29) is 47.2 Å². The number of carbonyl (C=O) groups excluding carboxylic acids is 2.